The molecule has 2 atom stereocenters. The number of aromatic hydroxyl groups is 1. The Balaban J connectivity index is 1.79. The number of nitrogens with zero attached hydrogens (tertiary/aromatic N) is 2. The van der Waals surface area contributed by atoms with Crippen molar-refractivity contribution >= 4 is 23.4 Å². The summed E-state index contributed by atoms with van der Waals surface area (Å²) in [6.07, 6.45) is 4.28. The van der Waals surface area contributed by atoms with Crippen LogP contribution in [-0.2, 0) is 9.59 Å². The largest absolute Gasteiger partial charge is 0.508 e. The molecule has 1 saturated heterocycles. The molecule has 0 radical (unpaired) electrons. The Labute approximate surface area is 162 Å². The molecule has 0 spiro atoms. The van der Waals surface area contributed by atoms with Gasteiger partial charge in [-0.05, 0) is 42.5 Å². The van der Waals surface area contributed by atoms with Gasteiger partial charge in [-0.1, -0.05) is 19.1 Å². The summed E-state index contributed by atoms with van der Waals surface area (Å²) >= 11 is 0. The van der Waals surface area contributed by atoms with Crippen molar-refractivity contribution in [1.29, 1.82) is 0 Å². The highest BCUT2D eigenvalue weighted by Crippen LogP contribution is 2.34. The predicted molar refractivity (Wildman–Crippen MR) is 102 cm³/mol. The van der Waals surface area contributed by atoms with E-state index in [1.807, 2.05) is 6.92 Å². The van der Waals surface area contributed by atoms with Crippen LogP contribution in [0.4, 0.5) is 5.69 Å². The van der Waals surface area contributed by atoms with Crippen molar-refractivity contribution in [2.45, 2.75) is 25.8 Å². The van der Waals surface area contributed by atoms with Crippen LogP contribution in [0, 0.1) is 5.92 Å². The van der Waals surface area contributed by atoms with Crippen molar-refractivity contribution < 1.29 is 19.5 Å². The normalized spacial score (nSPS) is 19.1. The molecule has 1 aromatic carbocycles. The summed E-state index contributed by atoms with van der Waals surface area (Å²) in [5.41, 5.74) is 6.44. The van der Waals surface area contributed by atoms with E-state index in [0.29, 0.717) is 6.54 Å². The first-order valence-electron chi connectivity index (χ1n) is 9.01. The Bertz CT molecular complexity index is 897. The highest BCUT2D eigenvalue weighted by molar-refractivity contribution is 6.39. The summed E-state index contributed by atoms with van der Waals surface area (Å²) in [5.74, 6) is -1.72. The SMILES string of the molecule is C[C@H]1CCC(c2ccc(O)cc2)N(C(=O)C(=O)Nc2cncc(C(N)=O)c2)C1. The molecule has 1 fully saturated rings. The van der Waals surface area contributed by atoms with Gasteiger partial charge in [-0.3, -0.25) is 19.4 Å². The number of anilines is 1. The minimum Gasteiger partial charge on any atom is -0.508 e. The van der Waals surface area contributed by atoms with Crippen LogP contribution >= 0.6 is 0 Å². The fraction of sp³-hybridized carbons (Fsp3) is 0.300. The van der Waals surface area contributed by atoms with Gasteiger partial charge in [0.2, 0.25) is 5.91 Å². The Morgan fingerprint density at radius 2 is 1.89 bits per heavy atom. The maximum Gasteiger partial charge on any atom is 0.313 e. The van der Waals surface area contributed by atoms with Crippen LogP contribution in [0.2, 0.25) is 0 Å². The third kappa shape index (κ3) is 4.28. The molecule has 8 nitrogen and oxygen atoms in total. The summed E-state index contributed by atoms with van der Waals surface area (Å²) in [5, 5.41) is 12.0. The second kappa shape index (κ2) is 8.08. The van der Waals surface area contributed by atoms with E-state index in [1.54, 1.807) is 29.2 Å². The molecule has 1 aliphatic heterocycles. The zero-order valence-electron chi connectivity index (χ0n) is 15.5. The van der Waals surface area contributed by atoms with Crippen LogP contribution in [0.25, 0.3) is 0 Å². The van der Waals surface area contributed by atoms with Gasteiger partial charge in [0, 0.05) is 12.7 Å². The minimum absolute atomic E-state index is 0.138. The number of carbonyl (C=O) groups excluding carboxylic acids is 3. The molecule has 3 amide bonds. The number of likely N-dealkylation sites (tertiary alicyclic amines) is 1. The molecule has 2 aromatic rings. The summed E-state index contributed by atoms with van der Waals surface area (Å²) in [6.45, 7) is 2.49. The number of pyridine rings is 1. The number of rotatable bonds is 3. The Hall–Kier alpha value is -3.42. The first-order valence-corrected chi connectivity index (χ1v) is 9.01. The van der Waals surface area contributed by atoms with E-state index in [2.05, 4.69) is 10.3 Å². The quantitative estimate of drug-likeness (QED) is 0.698. The van der Waals surface area contributed by atoms with Gasteiger partial charge in [0.15, 0.2) is 0 Å². The van der Waals surface area contributed by atoms with Crippen LogP contribution in [0.1, 0.15) is 41.7 Å². The number of nitrogens with one attached hydrogen (secondary N) is 1. The number of phenolic OH excluding ortho intramolecular Hbond substituents is 1. The van der Waals surface area contributed by atoms with Gasteiger partial charge in [0.1, 0.15) is 5.75 Å². The number of hydrogen-bond donors (Lipinski definition) is 3. The molecule has 0 aliphatic carbocycles. The molecule has 4 N–H and O–H groups in total. The average Bonchev–Trinajstić information content (AvgIpc) is 2.68. The second-order valence-corrected chi connectivity index (χ2v) is 7.03. The van der Waals surface area contributed by atoms with Gasteiger partial charge in [-0.2, -0.15) is 0 Å². The number of aromatic nitrogens is 1. The van der Waals surface area contributed by atoms with Gasteiger partial charge >= 0.3 is 11.8 Å². The molecule has 0 bridgehead atoms. The fourth-order valence-electron chi connectivity index (χ4n) is 3.38. The van der Waals surface area contributed by atoms with E-state index >= 15 is 0 Å². The van der Waals surface area contributed by atoms with Crippen LogP contribution in [0.5, 0.6) is 5.75 Å². The zero-order chi connectivity index (χ0) is 20.3. The summed E-state index contributed by atoms with van der Waals surface area (Å²) in [6, 6.07) is 7.78. The lowest BCUT2D eigenvalue weighted by atomic mass is 9.90. The van der Waals surface area contributed by atoms with Crippen molar-refractivity contribution in [3.63, 3.8) is 0 Å². The van der Waals surface area contributed by atoms with Gasteiger partial charge < -0.3 is 21.1 Å². The van der Waals surface area contributed by atoms with Gasteiger partial charge in [-0.25, -0.2) is 0 Å². The molecule has 1 aliphatic rings. The molecule has 2 heterocycles. The number of benzene rings is 1. The average molecular weight is 382 g/mol. The highest BCUT2D eigenvalue weighted by Gasteiger charge is 2.34. The number of amides is 3. The second-order valence-electron chi connectivity index (χ2n) is 7.03. The number of nitrogens with two attached hydrogens (primary N) is 1. The maximum atomic E-state index is 12.9. The van der Waals surface area contributed by atoms with E-state index in [9.17, 15) is 19.5 Å². The van der Waals surface area contributed by atoms with Crippen LogP contribution in [0.15, 0.2) is 42.7 Å². The fourth-order valence-corrected chi connectivity index (χ4v) is 3.38. The topological polar surface area (TPSA) is 126 Å². The van der Waals surface area contributed by atoms with Gasteiger partial charge in [0.25, 0.3) is 0 Å². The molecular weight excluding hydrogens is 360 g/mol. The first kappa shape index (κ1) is 19.3. The van der Waals surface area contributed by atoms with Crippen LogP contribution < -0.4 is 11.1 Å². The maximum absolute atomic E-state index is 12.9. The monoisotopic (exact) mass is 382 g/mol. The highest BCUT2D eigenvalue weighted by atomic mass is 16.3. The number of piperidine rings is 1. The van der Waals surface area contributed by atoms with E-state index in [1.165, 1.54) is 18.5 Å². The molecule has 3 rings (SSSR count). The van der Waals surface area contributed by atoms with Gasteiger partial charge in [0.05, 0.1) is 23.5 Å². The molecule has 146 valence electrons. The zero-order valence-corrected chi connectivity index (χ0v) is 15.5. The van der Waals surface area contributed by atoms with E-state index < -0.39 is 17.7 Å². The minimum atomic E-state index is -0.804. The van der Waals surface area contributed by atoms with Crippen LogP contribution in [-0.4, -0.2) is 39.3 Å². The summed E-state index contributed by atoms with van der Waals surface area (Å²) < 4.78 is 0. The molecule has 0 saturated carbocycles. The van der Waals surface area contributed by atoms with Crippen molar-refractivity contribution in [3.8, 4) is 5.75 Å². The third-order valence-electron chi connectivity index (χ3n) is 4.83. The van der Waals surface area contributed by atoms with E-state index in [-0.39, 0.29) is 29.0 Å². The Kier molecular flexibility index (Phi) is 5.58. The number of hydrogen-bond acceptors (Lipinski definition) is 5. The molecule has 8 heteroatoms. The van der Waals surface area contributed by atoms with Crippen molar-refractivity contribution in [1.82, 2.24) is 9.88 Å². The smallest absolute Gasteiger partial charge is 0.313 e. The summed E-state index contributed by atoms with van der Waals surface area (Å²) in [4.78, 5) is 42.1. The summed E-state index contributed by atoms with van der Waals surface area (Å²) in [7, 11) is 0. The lowest BCUT2D eigenvalue weighted by Crippen LogP contribution is -2.46. The van der Waals surface area contributed by atoms with Crippen LogP contribution in [0.3, 0.4) is 0 Å². The van der Waals surface area contributed by atoms with Crippen molar-refractivity contribution in [3.05, 3.63) is 53.9 Å². The molecule has 1 aromatic heterocycles. The molecule has 28 heavy (non-hydrogen) atoms. The van der Waals surface area contributed by atoms with Crippen molar-refractivity contribution in [2.24, 2.45) is 11.7 Å². The lowest BCUT2D eigenvalue weighted by molar-refractivity contribution is -0.146. The first-order chi connectivity index (χ1) is 13.3. The lowest BCUT2D eigenvalue weighted by Gasteiger charge is -2.38. The third-order valence-corrected chi connectivity index (χ3v) is 4.83. The van der Waals surface area contributed by atoms with Gasteiger partial charge in [-0.15, -0.1) is 0 Å². The number of primary amides is 1. The number of carbonyl (C=O) groups is 3. The number of phenols is 1. The van der Waals surface area contributed by atoms with Crippen molar-refractivity contribution in [2.75, 3.05) is 11.9 Å². The predicted octanol–water partition coefficient (Wildman–Crippen LogP) is 1.82. The molecular formula is C20H22N4O4. The molecule has 1 unspecified atom stereocenters. The Morgan fingerprint density at radius 3 is 2.57 bits per heavy atom. The standard InChI is InChI=1S/C20H22N4O4/c1-12-2-7-17(13-3-5-16(25)6-4-13)24(11-12)20(28)19(27)23-15-8-14(18(21)26)9-22-10-15/h3-6,8-10,12,17,25H,2,7,11H2,1H3,(H2,21,26)(H,23,27)/t12-,17?/m0/s1. The van der Waals surface area contributed by atoms with E-state index in [4.69, 9.17) is 5.73 Å². The van der Waals surface area contributed by atoms with E-state index in [0.717, 1.165) is 18.4 Å². The Morgan fingerprint density at radius 1 is 1.18 bits per heavy atom.